The molecule has 0 saturated heterocycles. The van der Waals surface area contributed by atoms with E-state index in [1.165, 1.54) is 0 Å². The molecule has 0 N–H and O–H groups in total. The summed E-state index contributed by atoms with van der Waals surface area (Å²) < 4.78 is 5.51. The van der Waals surface area contributed by atoms with E-state index in [0.717, 1.165) is 0 Å². The highest BCUT2D eigenvalue weighted by molar-refractivity contribution is 6.09. The lowest BCUT2D eigenvalue weighted by molar-refractivity contribution is 0.103. The normalized spacial score (nSPS) is 18.2. The van der Waals surface area contributed by atoms with Crippen molar-refractivity contribution in [2.45, 2.75) is 19.4 Å². The average molecular weight is 243 g/mol. The molecule has 1 aliphatic rings. The van der Waals surface area contributed by atoms with Crippen LogP contribution >= 0.6 is 0 Å². The molecule has 1 heterocycles. The maximum atomic E-state index is 12.2. The minimum absolute atomic E-state index is 0.0171. The summed E-state index contributed by atoms with van der Waals surface area (Å²) >= 11 is 0. The average Bonchev–Trinajstić information content (AvgIpc) is 2.78. The van der Waals surface area contributed by atoms with Crippen molar-refractivity contribution in [1.29, 1.82) is 0 Å². The first-order valence-electron chi connectivity index (χ1n) is 5.69. The summed E-state index contributed by atoms with van der Waals surface area (Å²) in [5.74, 6) is 0.610. The van der Waals surface area contributed by atoms with Gasteiger partial charge in [0.2, 0.25) is 0 Å². The molecule has 5 nitrogen and oxygen atoms in total. The van der Waals surface area contributed by atoms with Gasteiger partial charge in [-0.1, -0.05) is 35.4 Å². The Bertz CT molecular complexity index is 530. The topological polar surface area (TPSA) is 75.1 Å². The second-order valence-corrected chi connectivity index (χ2v) is 4.09. The van der Waals surface area contributed by atoms with Crippen molar-refractivity contribution < 1.29 is 9.53 Å². The van der Waals surface area contributed by atoms with Gasteiger partial charge in [-0.25, -0.2) is 0 Å². The Balaban J connectivity index is 2.12. The number of nitrogens with zero attached hydrogens (tertiary/aromatic N) is 3. The number of carbonyl (C=O) groups excluding carboxylic acids is 1. The predicted octanol–water partition coefficient (Wildman–Crippen LogP) is 3.24. The zero-order chi connectivity index (χ0) is 13.0. The maximum Gasteiger partial charge on any atom is 0.192 e. The molecule has 2 rings (SSSR count). The molecule has 18 heavy (non-hydrogen) atoms. The quantitative estimate of drug-likeness (QED) is 0.352. The van der Waals surface area contributed by atoms with Crippen molar-refractivity contribution in [2.24, 2.45) is 5.11 Å². The van der Waals surface area contributed by atoms with E-state index in [1.807, 2.05) is 18.2 Å². The van der Waals surface area contributed by atoms with Crippen molar-refractivity contribution in [3.63, 3.8) is 0 Å². The fourth-order valence-corrected chi connectivity index (χ4v) is 1.98. The largest absolute Gasteiger partial charge is 0.494 e. The standard InChI is InChI=1S/C13H13N3O2/c1-9-12(7-11(18-9)8-15-16-14)13(17)10-5-3-2-4-6-10/h2-6,11H,7-8H2,1H3. The first-order valence-corrected chi connectivity index (χ1v) is 5.69. The number of azide groups is 1. The van der Waals surface area contributed by atoms with Gasteiger partial charge in [-0.3, -0.25) is 4.79 Å². The molecule has 1 atom stereocenters. The molecule has 1 unspecified atom stereocenters. The third kappa shape index (κ3) is 2.52. The molecule has 0 spiro atoms. The van der Waals surface area contributed by atoms with Gasteiger partial charge in [0.05, 0.1) is 6.54 Å². The lowest BCUT2D eigenvalue weighted by Gasteiger charge is -2.06. The first kappa shape index (κ1) is 12.2. The van der Waals surface area contributed by atoms with Gasteiger partial charge in [0.1, 0.15) is 11.9 Å². The van der Waals surface area contributed by atoms with Crippen LogP contribution in [0.15, 0.2) is 46.8 Å². The fraction of sp³-hybridized carbons (Fsp3) is 0.308. The lowest BCUT2D eigenvalue weighted by Crippen LogP contribution is -2.11. The summed E-state index contributed by atoms with van der Waals surface area (Å²) in [5, 5.41) is 3.47. The Morgan fingerprint density at radius 3 is 2.89 bits per heavy atom. The molecular weight excluding hydrogens is 230 g/mol. The van der Waals surface area contributed by atoms with E-state index in [2.05, 4.69) is 10.0 Å². The van der Waals surface area contributed by atoms with Crippen molar-refractivity contribution in [1.82, 2.24) is 0 Å². The Morgan fingerprint density at radius 2 is 2.22 bits per heavy atom. The molecule has 1 aliphatic heterocycles. The second kappa shape index (κ2) is 5.38. The van der Waals surface area contributed by atoms with Crippen molar-refractivity contribution in [2.75, 3.05) is 6.54 Å². The van der Waals surface area contributed by atoms with Gasteiger partial charge >= 0.3 is 0 Å². The third-order valence-corrected chi connectivity index (χ3v) is 2.86. The van der Waals surface area contributed by atoms with E-state index in [0.29, 0.717) is 23.3 Å². The van der Waals surface area contributed by atoms with Gasteiger partial charge in [-0.05, 0) is 12.5 Å². The zero-order valence-electron chi connectivity index (χ0n) is 10.0. The molecule has 0 bridgehead atoms. The number of ketones is 1. The van der Waals surface area contributed by atoms with Crippen LogP contribution in [0.25, 0.3) is 10.4 Å². The van der Waals surface area contributed by atoms with Gasteiger partial charge in [0, 0.05) is 22.5 Å². The first-order chi connectivity index (χ1) is 8.72. The molecule has 0 amide bonds. The van der Waals surface area contributed by atoms with Crippen molar-refractivity contribution in [3.8, 4) is 0 Å². The van der Waals surface area contributed by atoms with E-state index in [9.17, 15) is 4.79 Å². The Hall–Kier alpha value is -2.26. The number of ether oxygens (including phenoxy) is 1. The van der Waals surface area contributed by atoms with Gasteiger partial charge in [-0.15, -0.1) is 0 Å². The van der Waals surface area contributed by atoms with Gasteiger partial charge < -0.3 is 4.74 Å². The Labute approximate surface area is 105 Å². The number of benzene rings is 1. The van der Waals surface area contributed by atoms with Crippen LogP contribution in [0.1, 0.15) is 23.7 Å². The van der Waals surface area contributed by atoms with Crippen LogP contribution in [0.3, 0.4) is 0 Å². The number of rotatable bonds is 4. The maximum absolute atomic E-state index is 12.2. The SMILES string of the molecule is CC1=C(C(=O)c2ccccc2)CC(CN=[N+]=[N-])O1. The third-order valence-electron chi connectivity index (χ3n) is 2.86. The number of Topliss-reactive ketones (excluding diaryl/α,β-unsaturated/α-hetero) is 1. The van der Waals surface area contributed by atoms with Crippen LogP contribution < -0.4 is 0 Å². The van der Waals surface area contributed by atoms with Crippen LogP contribution in [0.5, 0.6) is 0 Å². The fourth-order valence-electron chi connectivity index (χ4n) is 1.98. The number of hydrogen-bond donors (Lipinski definition) is 0. The van der Waals surface area contributed by atoms with Crippen LogP contribution in [0.2, 0.25) is 0 Å². The molecule has 1 aromatic carbocycles. The molecule has 0 saturated carbocycles. The summed E-state index contributed by atoms with van der Waals surface area (Å²) in [6.07, 6.45) is 0.280. The molecule has 0 aliphatic carbocycles. The highest BCUT2D eigenvalue weighted by Gasteiger charge is 2.27. The molecule has 0 aromatic heterocycles. The summed E-state index contributed by atoms with van der Waals surface area (Å²) in [6, 6.07) is 9.09. The molecule has 1 aromatic rings. The van der Waals surface area contributed by atoms with Crippen molar-refractivity contribution in [3.05, 3.63) is 57.7 Å². The summed E-state index contributed by atoms with van der Waals surface area (Å²) in [6.45, 7) is 2.02. The van der Waals surface area contributed by atoms with Gasteiger partial charge in [0.25, 0.3) is 0 Å². The monoisotopic (exact) mass is 243 g/mol. The van der Waals surface area contributed by atoms with E-state index < -0.39 is 0 Å². The number of hydrogen-bond acceptors (Lipinski definition) is 3. The van der Waals surface area contributed by atoms with Gasteiger partial charge in [0.15, 0.2) is 5.78 Å². The Kier molecular flexibility index (Phi) is 3.65. The molecular formula is C13H13N3O2. The van der Waals surface area contributed by atoms with Crippen LogP contribution in [-0.2, 0) is 4.74 Å². The molecule has 5 heteroatoms. The van der Waals surface area contributed by atoms with Crippen LogP contribution in [0, 0.1) is 0 Å². The second-order valence-electron chi connectivity index (χ2n) is 4.09. The molecule has 0 fully saturated rings. The van der Waals surface area contributed by atoms with Crippen LogP contribution in [0.4, 0.5) is 0 Å². The predicted molar refractivity (Wildman–Crippen MR) is 67.0 cm³/mol. The van der Waals surface area contributed by atoms with E-state index in [4.69, 9.17) is 10.3 Å². The minimum atomic E-state index is -0.219. The molecule has 0 radical (unpaired) electrons. The molecule has 92 valence electrons. The van der Waals surface area contributed by atoms with Gasteiger partial charge in [-0.2, -0.15) is 0 Å². The van der Waals surface area contributed by atoms with Crippen LogP contribution in [-0.4, -0.2) is 18.4 Å². The van der Waals surface area contributed by atoms with E-state index in [-0.39, 0.29) is 18.4 Å². The smallest absolute Gasteiger partial charge is 0.192 e. The lowest BCUT2D eigenvalue weighted by atomic mass is 9.99. The summed E-state index contributed by atoms with van der Waals surface area (Å²) in [4.78, 5) is 14.9. The van der Waals surface area contributed by atoms with E-state index >= 15 is 0 Å². The number of allylic oxidation sites excluding steroid dienone is 1. The van der Waals surface area contributed by atoms with E-state index in [1.54, 1.807) is 19.1 Å². The minimum Gasteiger partial charge on any atom is -0.494 e. The zero-order valence-corrected chi connectivity index (χ0v) is 10.0. The van der Waals surface area contributed by atoms with Crippen molar-refractivity contribution >= 4 is 5.78 Å². The summed E-state index contributed by atoms with van der Waals surface area (Å²) in [5.41, 5.74) is 9.59. The highest BCUT2D eigenvalue weighted by atomic mass is 16.5. The summed E-state index contributed by atoms with van der Waals surface area (Å²) in [7, 11) is 0. The number of carbonyl (C=O) groups is 1. The highest BCUT2D eigenvalue weighted by Crippen LogP contribution is 2.27. The Morgan fingerprint density at radius 1 is 1.50 bits per heavy atom.